The molecule has 0 saturated carbocycles. The molecule has 4 radical (unpaired) electrons. The van der Waals surface area contributed by atoms with Crippen LogP contribution in [0.25, 0.3) is 10.8 Å². The normalized spacial score (nSPS) is 10.9. The van der Waals surface area contributed by atoms with Gasteiger partial charge in [0.25, 0.3) is 5.91 Å². The minimum absolute atomic E-state index is 0.136. The number of benzene rings is 3. The summed E-state index contributed by atoms with van der Waals surface area (Å²) in [6, 6.07) is 16.5. The van der Waals surface area contributed by atoms with Crippen LogP contribution in [-0.2, 0) is 4.79 Å². The number of phenolic OH excluding ortho intramolecular Hbond substituents is 1. The van der Waals surface area contributed by atoms with Gasteiger partial charge in [-0.25, -0.2) is 5.43 Å². The average Bonchev–Trinajstić information content (AvgIpc) is 2.64. The predicted molar refractivity (Wildman–Crippen MR) is 104 cm³/mol. The van der Waals surface area contributed by atoms with Gasteiger partial charge in [-0.15, -0.1) is 0 Å². The lowest BCUT2D eigenvalue weighted by Crippen LogP contribution is -2.24. The highest BCUT2D eigenvalue weighted by Crippen LogP contribution is 2.20. The summed E-state index contributed by atoms with van der Waals surface area (Å²) in [6.07, 6.45) is 1.38. The van der Waals surface area contributed by atoms with Gasteiger partial charge in [-0.05, 0) is 28.5 Å². The number of amides is 1. The zero-order chi connectivity index (χ0) is 18.5. The van der Waals surface area contributed by atoms with Gasteiger partial charge in [-0.2, -0.15) is 5.10 Å². The van der Waals surface area contributed by atoms with E-state index in [-0.39, 0.29) is 23.3 Å². The van der Waals surface area contributed by atoms with Crippen LogP contribution in [0.2, 0.25) is 0 Å². The Bertz CT molecular complexity index is 966. The summed E-state index contributed by atoms with van der Waals surface area (Å²) >= 11 is 0. The van der Waals surface area contributed by atoms with Crippen LogP contribution in [-0.4, -0.2) is 39.5 Å². The molecule has 0 aliphatic rings. The molecule has 3 rings (SSSR count). The Morgan fingerprint density at radius 2 is 1.77 bits per heavy atom. The number of hydrogen-bond acceptors (Lipinski definition) is 4. The quantitative estimate of drug-likeness (QED) is 0.407. The van der Waals surface area contributed by atoms with Crippen molar-refractivity contribution in [3.05, 3.63) is 60.2 Å². The third-order valence-electron chi connectivity index (χ3n) is 3.68. The highest BCUT2D eigenvalue weighted by Gasteiger charge is 2.03. The minimum Gasteiger partial charge on any atom is -0.509 e. The Hall–Kier alpha value is -3.21. The number of rotatable bonds is 5. The Balaban J connectivity index is 1.55. The highest BCUT2D eigenvalue weighted by atomic mass is 16.5. The van der Waals surface area contributed by atoms with Crippen molar-refractivity contribution in [1.82, 2.24) is 5.43 Å². The number of aromatic hydroxyl groups is 1. The van der Waals surface area contributed by atoms with Gasteiger partial charge in [0.05, 0.1) is 6.21 Å². The van der Waals surface area contributed by atoms with Crippen molar-refractivity contribution in [3.63, 3.8) is 0 Å². The first-order valence-electron chi connectivity index (χ1n) is 7.84. The molecule has 26 heavy (non-hydrogen) atoms. The first kappa shape index (κ1) is 17.6. The van der Waals surface area contributed by atoms with Crippen LogP contribution in [0.4, 0.5) is 0 Å². The fraction of sp³-hybridized carbons (Fsp3) is 0.0526. The minimum atomic E-state index is -0.408. The van der Waals surface area contributed by atoms with E-state index >= 15 is 0 Å². The molecule has 0 atom stereocenters. The molecule has 0 aromatic heterocycles. The second-order valence-corrected chi connectivity index (χ2v) is 5.64. The molecular weight excluding hydrogens is 326 g/mol. The molecule has 0 aliphatic carbocycles. The molecule has 0 fully saturated rings. The van der Waals surface area contributed by atoms with Gasteiger partial charge in [0.1, 0.15) is 27.2 Å². The van der Waals surface area contributed by atoms with Crippen molar-refractivity contribution in [1.29, 1.82) is 0 Å². The van der Waals surface area contributed by atoms with E-state index in [1.165, 1.54) is 18.3 Å². The van der Waals surface area contributed by atoms with Crippen molar-refractivity contribution in [2.45, 2.75) is 0 Å². The van der Waals surface area contributed by atoms with E-state index in [0.29, 0.717) is 11.3 Å². The monoisotopic (exact) mass is 340 g/mol. The highest BCUT2D eigenvalue weighted by molar-refractivity contribution is 6.41. The summed E-state index contributed by atoms with van der Waals surface area (Å²) < 4.78 is 5.47. The van der Waals surface area contributed by atoms with Gasteiger partial charge in [0.2, 0.25) is 0 Å². The Morgan fingerprint density at radius 3 is 2.50 bits per heavy atom. The lowest BCUT2D eigenvalue weighted by molar-refractivity contribution is -0.123. The SMILES string of the molecule is [B]c1cc(/C=N/NC(=O)COc2ccc3ccccc3c2)cc([B])c1O. The molecular formula is C19H14B2N2O3. The van der Waals surface area contributed by atoms with E-state index in [9.17, 15) is 9.90 Å². The third-order valence-corrected chi connectivity index (χ3v) is 3.68. The Labute approximate surface area is 153 Å². The maximum absolute atomic E-state index is 11.8. The summed E-state index contributed by atoms with van der Waals surface area (Å²) in [5.41, 5.74) is 3.18. The molecule has 5 nitrogen and oxygen atoms in total. The molecule has 0 saturated heterocycles. The van der Waals surface area contributed by atoms with Crippen molar-refractivity contribution in [2.75, 3.05) is 6.61 Å². The van der Waals surface area contributed by atoms with Crippen LogP contribution in [0.1, 0.15) is 5.56 Å². The third kappa shape index (κ3) is 4.25. The number of fused-ring (bicyclic) bond motifs is 1. The standard InChI is InChI=1S/C19H14B2N2O3/c20-16-7-12(8-17(21)19(16)25)10-22-23-18(24)11-26-15-6-5-13-3-1-2-4-14(13)9-15/h1-10,25H,11H2,(H,23,24)/b22-10+. The van der Waals surface area contributed by atoms with E-state index < -0.39 is 5.91 Å². The first-order valence-corrected chi connectivity index (χ1v) is 7.84. The zero-order valence-electron chi connectivity index (χ0n) is 13.8. The van der Waals surface area contributed by atoms with E-state index in [4.69, 9.17) is 20.4 Å². The number of carbonyl (C=O) groups is 1. The molecule has 0 aliphatic heterocycles. The fourth-order valence-corrected chi connectivity index (χ4v) is 2.40. The largest absolute Gasteiger partial charge is 0.509 e. The Morgan fingerprint density at radius 1 is 1.08 bits per heavy atom. The van der Waals surface area contributed by atoms with Gasteiger partial charge in [0.15, 0.2) is 6.61 Å². The summed E-state index contributed by atoms with van der Waals surface area (Å²) in [4.78, 5) is 11.8. The maximum atomic E-state index is 11.8. The number of phenols is 1. The number of carbonyl (C=O) groups excluding carboxylic acids is 1. The van der Waals surface area contributed by atoms with E-state index in [2.05, 4.69) is 10.5 Å². The zero-order valence-corrected chi connectivity index (χ0v) is 13.8. The van der Waals surface area contributed by atoms with Gasteiger partial charge >= 0.3 is 0 Å². The van der Waals surface area contributed by atoms with Crippen LogP contribution in [0.3, 0.4) is 0 Å². The van der Waals surface area contributed by atoms with Crippen molar-refractivity contribution in [2.24, 2.45) is 5.10 Å². The predicted octanol–water partition coefficient (Wildman–Crippen LogP) is 0.662. The fourth-order valence-electron chi connectivity index (χ4n) is 2.40. The number of hydrogen-bond donors (Lipinski definition) is 2. The summed E-state index contributed by atoms with van der Waals surface area (Å²) in [5.74, 6) is 0.0195. The molecule has 7 heteroatoms. The number of ether oxygens (including phenoxy) is 1. The molecule has 2 N–H and O–H groups in total. The number of nitrogens with one attached hydrogen (secondary N) is 1. The molecule has 0 heterocycles. The molecule has 3 aromatic rings. The lowest BCUT2D eigenvalue weighted by atomic mass is 9.84. The molecule has 0 spiro atoms. The second-order valence-electron chi connectivity index (χ2n) is 5.64. The van der Waals surface area contributed by atoms with E-state index in [0.717, 1.165) is 10.8 Å². The summed E-state index contributed by atoms with van der Waals surface area (Å²) in [6.45, 7) is -0.171. The molecule has 124 valence electrons. The first-order chi connectivity index (χ1) is 12.5. The van der Waals surface area contributed by atoms with Gasteiger partial charge < -0.3 is 9.84 Å². The van der Waals surface area contributed by atoms with E-state index in [1.54, 1.807) is 6.07 Å². The van der Waals surface area contributed by atoms with Crippen molar-refractivity contribution < 1.29 is 14.6 Å². The van der Waals surface area contributed by atoms with Crippen LogP contribution in [0, 0.1) is 0 Å². The van der Waals surface area contributed by atoms with E-state index in [1.807, 2.05) is 36.4 Å². The Kier molecular flexibility index (Phi) is 5.27. The van der Waals surface area contributed by atoms with Crippen molar-refractivity contribution in [3.8, 4) is 11.5 Å². The molecule has 1 amide bonds. The van der Waals surface area contributed by atoms with Gasteiger partial charge in [-0.3, -0.25) is 4.79 Å². The molecule has 0 bridgehead atoms. The summed E-state index contributed by atoms with van der Waals surface area (Å²) in [7, 11) is 11.2. The van der Waals surface area contributed by atoms with Gasteiger partial charge in [0, 0.05) is 0 Å². The number of nitrogens with zero attached hydrogens (tertiary/aromatic N) is 1. The maximum Gasteiger partial charge on any atom is 0.277 e. The second kappa shape index (κ2) is 7.78. The van der Waals surface area contributed by atoms with Crippen LogP contribution in [0.5, 0.6) is 11.5 Å². The molecule has 0 unspecified atom stereocenters. The van der Waals surface area contributed by atoms with Crippen LogP contribution >= 0.6 is 0 Å². The van der Waals surface area contributed by atoms with Crippen LogP contribution < -0.4 is 21.1 Å². The average molecular weight is 340 g/mol. The van der Waals surface area contributed by atoms with Crippen molar-refractivity contribution >= 4 is 49.5 Å². The van der Waals surface area contributed by atoms with Crippen LogP contribution in [0.15, 0.2) is 59.7 Å². The molecule has 3 aromatic carbocycles. The van der Waals surface area contributed by atoms with Gasteiger partial charge in [-0.1, -0.05) is 53.4 Å². The smallest absolute Gasteiger partial charge is 0.277 e. The number of hydrazone groups is 1. The topological polar surface area (TPSA) is 70.9 Å². The lowest BCUT2D eigenvalue weighted by Gasteiger charge is -2.07. The summed E-state index contributed by atoms with van der Waals surface area (Å²) in [5, 5.41) is 15.5.